The maximum absolute atomic E-state index is 12.1. The zero-order valence-corrected chi connectivity index (χ0v) is 15.4. The van der Waals surface area contributed by atoms with E-state index in [4.69, 9.17) is 4.74 Å². The van der Waals surface area contributed by atoms with Crippen LogP contribution in [0.2, 0.25) is 0 Å². The molecule has 0 spiro atoms. The number of hydrogen-bond donors (Lipinski definition) is 2. The highest BCUT2D eigenvalue weighted by atomic mass is 16.5. The largest absolute Gasteiger partial charge is 0.465 e. The Morgan fingerprint density at radius 3 is 2.29 bits per heavy atom. The van der Waals surface area contributed by atoms with Crippen LogP contribution in [-0.2, 0) is 16.0 Å². The first kappa shape index (κ1) is 19.0. The number of benzene rings is 2. The van der Waals surface area contributed by atoms with Gasteiger partial charge in [-0.1, -0.05) is 42.5 Å². The van der Waals surface area contributed by atoms with Crippen molar-refractivity contribution >= 4 is 29.2 Å². The summed E-state index contributed by atoms with van der Waals surface area (Å²) in [5, 5.41) is 13.8. The number of methoxy groups -OCH3 is 1. The lowest BCUT2D eigenvalue weighted by Gasteiger charge is -2.10. The Labute approximate surface area is 162 Å². The lowest BCUT2D eigenvalue weighted by atomic mass is 10.1. The van der Waals surface area contributed by atoms with Gasteiger partial charge in [0, 0.05) is 6.42 Å². The normalized spacial score (nSPS) is 10.2. The molecule has 0 aliphatic carbocycles. The fourth-order valence-corrected chi connectivity index (χ4v) is 2.59. The monoisotopic (exact) mass is 376 g/mol. The van der Waals surface area contributed by atoms with E-state index >= 15 is 0 Å². The molecule has 0 fully saturated rings. The third-order valence-corrected chi connectivity index (χ3v) is 4.01. The molecule has 0 aliphatic heterocycles. The van der Waals surface area contributed by atoms with Gasteiger partial charge in [0.2, 0.25) is 5.91 Å². The highest BCUT2D eigenvalue weighted by Gasteiger charge is 2.12. The van der Waals surface area contributed by atoms with Crippen molar-refractivity contribution in [1.29, 1.82) is 0 Å². The summed E-state index contributed by atoms with van der Waals surface area (Å²) in [5.74, 6) is 0.233. The van der Waals surface area contributed by atoms with Crippen LogP contribution in [0.15, 0.2) is 66.7 Å². The van der Waals surface area contributed by atoms with Crippen molar-refractivity contribution < 1.29 is 14.3 Å². The van der Waals surface area contributed by atoms with Gasteiger partial charge in [0.1, 0.15) is 0 Å². The van der Waals surface area contributed by atoms with Gasteiger partial charge in [0.25, 0.3) is 0 Å². The van der Waals surface area contributed by atoms with Gasteiger partial charge in [0.15, 0.2) is 11.6 Å². The molecule has 1 aromatic heterocycles. The second-order valence-corrected chi connectivity index (χ2v) is 6.00. The minimum atomic E-state index is -0.446. The quantitative estimate of drug-likeness (QED) is 0.612. The van der Waals surface area contributed by atoms with Gasteiger partial charge < -0.3 is 15.4 Å². The average molecular weight is 376 g/mol. The van der Waals surface area contributed by atoms with Crippen LogP contribution >= 0.6 is 0 Å². The molecule has 2 N–H and O–H groups in total. The molecule has 142 valence electrons. The number of nitrogens with zero attached hydrogens (tertiary/aromatic N) is 2. The van der Waals surface area contributed by atoms with E-state index in [0.29, 0.717) is 35.7 Å². The molecule has 2 aromatic carbocycles. The summed E-state index contributed by atoms with van der Waals surface area (Å²) in [4.78, 5) is 23.9. The smallest absolute Gasteiger partial charge is 0.339 e. The van der Waals surface area contributed by atoms with Crippen molar-refractivity contribution in [2.24, 2.45) is 0 Å². The second kappa shape index (κ2) is 9.27. The maximum atomic E-state index is 12.1. The zero-order chi connectivity index (χ0) is 19.8. The van der Waals surface area contributed by atoms with Crippen LogP contribution in [0.25, 0.3) is 0 Å². The standard InChI is InChI=1S/C21H20N4O3/c1-28-21(27)16-9-5-6-10-17(16)22-18-12-13-19(25-24-18)23-20(26)14-11-15-7-3-2-4-8-15/h2-10,12-13H,11,14H2,1H3,(H,22,24)(H,23,25,26). The number of ether oxygens (including phenoxy) is 1. The van der Waals surface area contributed by atoms with Gasteiger partial charge in [0.05, 0.1) is 18.4 Å². The molecule has 0 aliphatic rings. The molecule has 28 heavy (non-hydrogen) atoms. The van der Waals surface area contributed by atoms with Crippen molar-refractivity contribution in [3.63, 3.8) is 0 Å². The van der Waals surface area contributed by atoms with Gasteiger partial charge in [-0.25, -0.2) is 4.79 Å². The highest BCUT2D eigenvalue weighted by Crippen LogP contribution is 2.20. The molecule has 3 aromatic rings. The van der Waals surface area contributed by atoms with E-state index in [-0.39, 0.29) is 5.91 Å². The first-order valence-corrected chi connectivity index (χ1v) is 8.77. The first-order valence-electron chi connectivity index (χ1n) is 8.77. The van der Waals surface area contributed by atoms with Gasteiger partial charge >= 0.3 is 5.97 Å². The van der Waals surface area contributed by atoms with Crippen molar-refractivity contribution in [1.82, 2.24) is 10.2 Å². The average Bonchev–Trinajstić information content (AvgIpc) is 2.74. The van der Waals surface area contributed by atoms with E-state index in [2.05, 4.69) is 20.8 Å². The number of aryl methyl sites for hydroxylation is 1. The molecule has 0 saturated carbocycles. The Hall–Kier alpha value is -3.74. The highest BCUT2D eigenvalue weighted by molar-refractivity contribution is 5.96. The number of anilines is 3. The zero-order valence-electron chi connectivity index (χ0n) is 15.4. The summed E-state index contributed by atoms with van der Waals surface area (Å²) >= 11 is 0. The number of amides is 1. The Balaban J connectivity index is 1.58. The molecule has 7 nitrogen and oxygen atoms in total. The van der Waals surface area contributed by atoms with Crippen LogP contribution in [0.3, 0.4) is 0 Å². The molecule has 7 heteroatoms. The van der Waals surface area contributed by atoms with E-state index in [1.54, 1.807) is 36.4 Å². The number of aromatic nitrogens is 2. The Bertz CT molecular complexity index is 943. The van der Waals surface area contributed by atoms with Gasteiger partial charge in [-0.15, -0.1) is 10.2 Å². The van der Waals surface area contributed by atoms with Crippen LogP contribution in [0.4, 0.5) is 17.3 Å². The number of nitrogens with one attached hydrogen (secondary N) is 2. The minimum absolute atomic E-state index is 0.130. The Morgan fingerprint density at radius 2 is 1.57 bits per heavy atom. The van der Waals surface area contributed by atoms with Gasteiger partial charge in [-0.3, -0.25) is 4.79 Å². The van der Waals surface area contributed by atoms with Gasteiger partial charge in [-0.05, 0) is 36.2 Å². The van der Waals surface area contributed by atoms with Crippen LogP contribution < -0.4 is 10.6 Å². The third-order valence-electron chi connectivity index (χ3n) is 4.01. The fraction of sp³-hybridized carbons (Fsp3) is 0.143. The van der Waals surface area contributed by atoms with Crippen molar-refractivity contribution in [2.75, 3.05) is 17.7 Å². The Kier molecular flexibility index (Phi) is 6.30. The summed E-state index contributed by atoms with van der Waals surface area (Å²) in [6, 6.07) is 20.1. The van der Waals surface area contributed by atoms with E-state index in [1.165, 1.54) is 7.11 Å². The summed E-state index contributed by atoms with van der Waals surface area (Å²) < 4.78 is 4.77. The van der Waals surface area contributed by atoms with Crippen molar-refractivity contribution in [3.8, 4) is 0 Å². The van der Waals surface area contributed by atoms with Crippen molar-refractivity contribution in [3.05, 3.63) is 77.9 Å². The molecular formula is C21H20N4O3. The Morgan fingerprint density at radius 1 is 0.893 bits per heavy atom. The van der Waals surface area contributed by atoms with Crippen LogP contribution in [0, 0.1) is 0 Å². The maximum Gasteiger partial charge on any atom is 0.339 e. The van der Waals surface area contributed by atoms with Crippen LogP contribution in [0.1, 0.15) is 22.3 Å². The van der Waals surface area contributed by atoms with E-state index < -0.39 is 5.97 Å². The lowest BCUT2D eigenvalue weighted by Crippen LogP contribution is -2.14. The molecule has 0 radical (unpaired) electrons. The van der Waals surface area contributed by atoms with E-state index in [0.717, 1.165) is 5.56 Å². The van der Waals surface area contributed by atoms with E-state index in [9.17, 15) is 9.59 Å². The summed E-state index contributed by atoms with van der Waals surface area (Å²) in [6.45, 7) is 0. The number of rotatable bonds is 7. The molecule has 1 amide bonds. The number of esters is 1. The molecule has 0 saturated heterocycles. The lowest BCUT2D eigenvalue weighted by molar-refractivity contribution is -0.116. The topological polar surface area (TPSA) is 93.2 Å². The van der Waals surface area contributed by atoms with E-state index in [1.807, 2.05) is 30.3 Å². The SMILES string of the molecule is COC(=O)c1ccccc1Nc1ccc(NC(=O)CCc2ccccc2)nn1. The molecule has 3 rings (SSSR count). The summed E-state index contributed by atoms with van der Waals surface area (Å²) in [6.07, 6.45) is 1.02. The third kappa shape index (κ3) is 5.14. The number of para-hydroxylation sites is 1. The molecule has 0 unspecified atom stereocenters. The summed E-state index contributed by atoms with van der Waals surface area (Å²) in [7, 11) is 1.33. The number of carbonyl (C=O) groups is 2. The predicted molar refractivity (Wildman–Crippen MR) is 106 cm³/mol. The van der Waals surface area contributed by atoms with Crippen LogP contribution in [-0.4, -0.2) is 29.2 Å². The molecule has 0 atom stereocenters. The van der Waals surface area contributed by atoms with Crippen LogP contribution in [0.5, 0.6) is 0 Å². The van der Waals surface area contributed by atoms with Gasteiger partial charge in [-0.2, -0.15) is 0 Å². The fourth-order valence-electron chi connectivity index (χ4n) is 2.59. The number of carbonyl (C=O) groups excluding carboxylic acids is 2. The predicted octanol–water partition coefficient (Wildman–Crippen LogP) is 3.58. The first-order chi connectivity index (χ1) is 13.7. The van der Waals surface area contributed by atoms with Crippen molar-refractivity contribution in [2.45, 2.75) is 12.8 Å². The second-order valence-electron chi connectivity index (χ2n) is 6.00. The number of hydrogen-bond acceptors (Lipinski definition) is 6. The minimum Gasteiger partial charge on any atom is -0.465 e. The molecule has 1 heterocycles. The molecule has 0 bridgehead atoms. The molecular weight excluding hydrogens is 356 g/mol. The summed E-state index contributed by atoms with van der Waals surface area (Å²) in [5.41, 5.74) is 2.06.